The van der Waals surface area contributed by atoms with Crippen molar-refractivity contribution in [2.45, 2.75) is 31.2 Å². The Kier molecular flexibility index (Phi) is 6.66. The summed E-state index contributed by atoms with van der Waals surface area (Å²) in [5.74, 6) is 0.247. The zero-order valence-corrected chi connectivity index (χ0v) is 19.0. The third-order valence-corrected chi connectivity index (χ3v) is 7.65. The van der Waals surface area contributed by atoms with Crippen molar-refractivity contribution in [2.24, 2.45) is 5.92 Å². The van der Waals surface area contributed by atoms with E-state index in [9.17, 15) is 18.0 Å². The monoisotopic (exact) mass is 467 g/mol. The van der Waals surface area contributed by atoms with Crippen LogP contribution >= 0.6 is 0 Å². The number of nitrogens with one attached hydrogen (secondary N) is 1. The maximum atomic E-state index is 12.9. The number of ketones is 1. The summed E-state index contributed by atoms with van der Waals surface area (Å²) in [6, 6.07) is 11.5. The van der Waals surface area contributed by atoms with E-state index < -0.39 is 10.0 Å². The van der Waals surface area contributed by atoms with E-state index in [-0.39, 0.29) is 35.6 Å². The highest BCUT2D eigenvalue weighted by Crippen LogP contribution is 2.24. The van der Waals surface area contributed by atoms with Crippen molar-refractivity contribution >= 4 is 21.7 Å². The molecule has 1 aliphatic heterocycles. The van der Waals surface area contributed by atoms with Crippen molar-refractivity contribution in [1.82, 2.24) is 24.4 Å². The average Bonchev–Trinajstić information content (AvgIpc) is 3.38. The molecule has 1 N–H and O–H groups in total. The SMILES string of the molecule is CC(=O)c1ccc(S(=O)(=O)N2CCC(C(=O)NCc3ccc(-n4cccn4)nc3)CC2)cc1. The van der Waals surface area contributed by atoms with Crippen molar-refractivity contribution in [2.75, 3.05) is 13.1 Å². The molecule has 172 valence electrons. The number of pyridine rings is 1. The number of piperidine rings is 1. The minimum atomic E-state index is -3.66. The number of hydrogen-bond donors (Lipinski definition) is 1. The van der Waals surface area contributed by atoms with Gasteiger partial charge < -0.3 is 5.32 Å². The molecule has 0 spiro atoms. The van der Waals surface area contributed by atoms with E-state index in [0.717, 1.165) is 5.56 Å². The summed E-state index contributed by atoms with van der Waals surface area (Å²) < 4.78 is 28.8. The number of hydrogen-bond acceptors (Lipinski definition) is 6. The van der Waals surface area contributed by atoms with Crippen molar-refractivity contribution in [3.05, 3.63) is 72.2 Å². The van der Waals surface area contributed by atoms with Gasteiger partial charge in [0.15, 0.2) is 11.6 Å². The Labute approximate surface area is 192 Å². The first-order chi connectivity index (χ1) is 15.8. The fourth-order valence-corrected chi connectivity index (χ4v) is 5.23. The lowest BCUT2D eigenvalue weighted by atomic mass is 9.97. The van der Waals surface area contributed by atoms with Gasteiger partial charge in [-0.1, -0.05) is 18.2 Å². The molecule has 0 radical (unpaired) electrons. The summed E-state index contributed by atoms with van der Waals surface area (Å²) in [5, 5.41) is 7.05. The molecule has 4 rings (SSSR count). The molecule has 0 saturated carbocycles. The minimum Gasteiger partial charge on any atom is -0.352 e. The van der Waals surface area contributed by atoms with Crippen LogP contribution in [-0.4, -0.2) is 52.3 Å². The van der Waals surface area contributed by atoms with Crippen LogP contribution in [0.4, 0.5) is 0 Å². The number of amides is 1. The summed E-state index contributed by atoms with van der Waals surface area (Å²) in [6.07, 6.45) is 6.08. The van der Waals surface area contributed by atoms with E-state index in [0.29, 0.717) is 30.8 Å². The number of benzene rings is 1. The molecule has 1 aliphatic rings. The van der Waals surface area contributed by atoms with Gasteiger partial charge in [0.2, 0.25) is 15.9 Å². The molecule has 10 heteroatoms. The van der Waals surface area contributed by atoms with Gasteiger partial charge in [-0.15, -0.1) is 0 Å². The van der Waals surface area contributed by atoms with Crippen LogP contribution in [0.5, 0.6) is 0 Å². The van der Waals surface area contributed by atoms with Crippen molar-refractivity contribution in [3.63, 3.8) is 0 Å². The van der Waals surface area contributed by atoms with Gasteiger partial charge in [0.1, 0.15) is 0 Å². The lowest BCUT2D eigenvalue weighted by Crippen LogP contribution is -2.42. The van der Waals surface area contributed by atoms with Gasteiger partial charge in [-0.05, 0) is 49.6 Å². The van der Waals surface area contributed by atoms with Crippen LogP contribution in [0.25, 0.3) is 5.82 Å². The second-order valence-corrected chi connectivity index (χ2v) is 9.89. The van der Waals surface area contributed by atoms with E-state index in [1.165, 1.54) is 35.5 Å². The zero-order valence-electron chi connectivity index (χ0n) is 18.2. The summed E-state index contributed by atoms with van der Waals surface area (Å²) in [7, 11) is -3.66. The van der Waals surface area contributed by atoms with Gasteiger partial charge >= 0.3 is 0 Å². The zero-order chi connectivity index (χ0) is 23.4. The largest absolute Gasteiger partial charge is 0.352 e. The minimum absolute atomic E-state index is 0.0889. The van der Waals surface area contributed by atoms with Gasteiger partial charge in [0, 0.05) is 49.7 Å². The topological polar surface area (TPSA) is 114 Å². The number of Topliss-reactive ketones (excluding diaryl/α,β-unsaturated/α-hetero) is 1. The number of aromatic nitrogens is 3. The highest BCUT2D eigenvalue weighted by Gasteiger charge is 2.32. The average molecular weight is 468 g/mol. The lowest BCUT2D eigenvalue weighted by molar-refractivity contribution is -0.126. The van der Waals surface area contributed by atoms with Crippen LogP contribution in [0, 0.1) is 5.92 Å². The summed E-state index contributed by atoms with van der Waals surface area (Å²) in [5.41, 5.74) is 1.34. The van der Waals surface area contributed by atoms with Gasteiger partial charge in [0.05, 0.1) is 4.90 Å². The van der Waals surface area contributed by atoms with Crippen LogP contribution in [0.3, 0.4) is 0 Å². The number of rotatable bonds is 7. The van der Waals surface area contributed by atoms with Crippen molar-refractivity contribution in [3.8, 4) is 5.82 Å². The molecular formula is C23H25N5O4S. The Balaban J connectivity index is 1.29. The van der Waals surface area contributed by atoms with E-state index in [4.69, 9.17) is 0 Å². The van der Waals surface area contributed by atoms with Crippen LogP contribution in [0.15, 0.2) is 66.0 Å². The molecule has 0 unspecified atom stereocenters. The Morgan fingerprint density at radius 3 is 2.39 bits per heavy atom. The first-order valence-electron chi connectivity index (χ1n) is 10.7. The third kappa shape index (κ3) is 5.18. The molecule has 3 heterocycles. The fourth-order valence-electron chi connectivity index (χ4n) is 3.76. The summed E-state index contributed by atoms with van der Waals surface area (Å²) >= 11 is 0. The highest BCUT2D eigenvalue weighted by atomic mass is 32.2. The van der Waals surface area contributed by atoms with Crippen molar-refractivity contribution in [1.29, 1.82) is 0 Å². The number of sulfonamides is 1. The molecule has 1 aromatic carbocycles. The molecule has 2 aromatic heterocycles. The molecule has 1 saturated heterocycles. The van der Waals surface area contributed by atoms with Crippen molar-refractivity contribution < 1.29 is 18.0 Å². The maximum absolute atomic E-state index is 12.9. The molecule has 1 fully saturated rings. The lowest BCUT2D eigenvalue weighted by Gasteiger charge is -2.30. The van der Waals surface area contributed by atoms with E-state index in [1.807, 2.05) is 18.2 Å². The van der Waals surface area contributed by atoms with Gasteiger partial charge in [0.25, 0.3) is 0 Å². The second kappa shape index (κ2) is 9.63. The number of carbonyl (C=O) groups is 2. The predicted molar refractivity (Wildman–Crippen MR) is 121 cm³/mol. The quantitative estimate of drug-likeness (QED) is 0.533. The first kappa shape index (κ1) is 22.8. The third-order valence-electron chi connectivity index (χ3n) is 5.74. The Bertz CT molecular complexity index is 1210. The fraction of sp³-hybridized carbons (Fsp3) is 0.304. The molecule has 1 amide bonds. The van der Waals surface area contributed by atoms with Crippen LogP contribution in [0.2, 0.25) is 0 Å². The Morgan fingerprint density at radius 1 is 1.09 bits per heavy atom. The van der Waals surface area contributed by atoms with E-state index in [2.05, 4.69) is 15.4 Å². The summed E-state index contributed by atoms with van der Waals surface area (Å²) in [4.78, 5) is 28.5. The molecule has 0 aliphatic carbocycles. The molecular weight excluding hydrogens is 442 g/mol. The van der Waals surface area contributed by atoms with Gasteiger partial charge in [-0.25, -0.2) is 18.1 Å². The van der Waals surface area contributed by atoms with Gasteiger partial charge in [-0.2, -0.15) is 9.40 Å². The smallest absolute Gasteiger partial charge is 0.243 e. The second-order valence-electron chi connectivity index (χ2n) is 7.95. The standard InChI is InChI=1S/C23H25N5O4S/c1-17(29)19-4-6-21(7-5-19)33(31,32)27-13-9-20(10-14-27)23(30)25-16-18-3-8-22(24-15-18)28-12-2-11-26-28/h2-8,11-12,15,20H,9-10,13-14,16H2,1H3,(H,25,30). The number of carbonyl (C=O) groups excluding carboxylic acids is 2. The molecule has 0 atom stereocenters. The van der Waals surface area contributed by atoms with Crippen LogP contribution in [0.1, 0.15) is 35.7 Å². The van der Waals surface area contributed by atoms with Gasteiger partial charge in [-0.3, -0.25) is 9.59 Å². The molecule has 0 bridgehead atoms. The van der Waals surface area contributed by atoms with E-state index >= 15 is 0 Å². The van der Waals surface area contributed by atoms with Crippen LogP contribution in [-0.2, 0) is 21.4 Å². The maximum Gasteiger partial charge on any atom is 0.243 e. The molecule has 9 nitrogen and oxygen atoms in total. The molecule has 33 heavy (non-hydrogen) atoms. The van der Waals surface area contributed by atoms with Crippen LogP contribution < -0.4 is 5.32 Å². The Hall–Kier alpha value is -3.37. The Morgan fingerprint density at radius 2 is 1.82 bits per heavy atom. The first-order valence-corrected chi connectivity index (χ1v) is 12.1. The predicted octanol–water partition coefficient (Wildman–Crippen LogP) is 2.19. The normalized spacial score (nSPS) is 15.3. The van der Waals surface area contributed by atoms with E-state index in [1.54, 1.807) is 23.3 Å². The summed E-state index contributed by atoms with van der Waals surface area (Å²) in [6.45, 7) is 2.34. The number of nitrogens with zero attached hydrogens (tertiary/aromatic N) is 4. The molecule has 3 aromatic rings. The highest BCUT2D eigenvalue weighted by molar-refractivity contribution is 7.89.